The lowest BCUT2D eigenvalue weighted by Crippen LogP contribution is -2.63. The molecular weight excluding hydrogens is 528 g/mol. The number of carbonyl (C=O) groups is 3. The SMILES string of the molecule is CC(=O)OC[C@]1(C)CC2=C3C=CC4[C@@]5(C)CCC(OC(C)=O)C(C)(C)C5CC[C@@]4(C)[C@]3(C)CC[C@@]2(C)C(OC(C)=O)C1. The van der Waals surface area contributed by atoms with Gasteiger partial charge in [-0.05, 0) is 85.0 Å². The Labute approximate surface area is 253 Å². The molecule has 0 saturated heterocycles. The minimum atomic E-state index is -0.305. The number of allylic oxidation sites excluding steroid dienone is 3. The summed E-state index contributed by atoms with van der Waals surface area (Å²) in [7, 11) is 0. The molecule has 9 atom stereocenters. The molecule has 5 aliphatic carbocycles. The lowest BCUT2D eigenvalue weighted by atomic mass is 9.35. The van der Waals surface area contributed by atoms with Gasteiger partial charge < -0.3 is 14.2 Å². The Balaban J connectivity index is 1.60. The van der Waals surface area contributed by atoms with Gasteiger partial charge in [-0.2, -0.15) is 0 Å². The minimum absolute atomic E-state index is 0.0213. The van der Waals surface area contributed by atoms with Crippen molar-refractivity contribution in [3.8, 4) is 0 Å². The third-order valence-electron chi connectivity index (χ3n) is 13.5. The van der Waals surface area contributed by atoms with E-state index in [1.54, 1.807) is 0 Å². The van der Waals surface area contributed by atoms with Crippen molar-refractivity contribution in [2.75, 3.05) is 6.61 Å². The van der Waals surface area contributed by atoms with Crippen LogP contribution >= 0.6 is 0 Å². The van der Waals surface area contributed by atoms with E-state index in [9.17, 15) is 14.4 Å². The van der Waals surface area contributed by atoms with Gasteiger partial charge in [-0.25, -0.2) is 0 Å². The molecule has 0 bridgehead atoms. The minimum Gasteiger partial charge on any atom is -0.465 e. The highest BCUT2D eigenvalue weighted by molar-refractivity contribution is 5.67. The lowest BCUT2D eigenvalue weighted by molar-refractivity contribution is -0.198. The van der Waals surface area contributed by atoms with Gasteiger partial charge in [-0.1, -0.05) is 66.2 Å². The molecule has 0 aliphatic heterocycles. The van der Waals surface area contributed by atoms with Gasteiger partial charge in [0.25, 0.3) is 0 Å². The van der Waals surface area contributed by atoms with Crippen molar-refractivity contribution in [1.29, 1.82) is 0 Å². The Bertz CT molecular complexity index is 1230. The topological polar surface area (TPSA) is 78.9 Å². The average Bonchev–Trinajstić information content (AvgIpc) is 2.86. The fourth-order valence-electron chi connectivity index (χ4n) is 11.0. The Kier molecular flexibility index (Phi) is 7.42. The number of hydrogen-bond donors (Lipinski definition) is 0. The first kappa shape index (κ1) is 31.3. The summed E-state index contributed by atoms with van der Waals surface area (Å²) in [4.78, 5) is 36.1. The van der Waals surface area contributed by atoms with Crippen LogP contribution in [0.3, 0.4) is 0 Å². The van der Waals surface area contributed by atoms with E-state index in [4.69, 9.17) is 14.2 Å². The molecule has 234 valence electrons. The molecule has 6 heteroatoms. The smallest absolute Gasteiger partial charge is 0.302 e. The fourth-order valence-corrected chi connectivity index (χ4v) is 11.0. The summed E-state index contributed by atoms with van der Waals surface area (Å²) in [5, 5.41) is 0. The third-order valence-corrected chi connectivity index (χ3v) is 13.5. The van der Waals surface area contributed by atoms with Crippen LogP contribution in [0.4, 0.5) is 0 Å². The summed E-state index contributed by atoms with van der Waals surface area (Å²) in [6.45, 7) is 21.5. The van der Waals surface area contributed by atoms with Gasteiger partial charge in [0.15, 0.2) is 0 Å². The van der Waals surface area contributed by atoms with Crippen molar-refractivity contribution in [3.05, 3.63) is 23.3 Å². The maximum absolute atomic E-state index is 12.3. The normalized spacial score (nSPS) is 45.5. The van der Waals surface area contributed by atoms with Crippen LogP contribution in [-0.4, -0.2) is 36.7 Å². The summed E-state index contributed by atoms with van der Waals surface area (Å²) in [6, 6.07) is 0. The molecule has 6 nitrogen and oxygen atoms in total. The van der Waals surface area contributed by atoms with E-state index in [1.165, 1.54) is 31.9 Å². The molecule has 0 aromatic heterocycles. The van der Waals surface area contributed by atoms with Gasteiger partial charge in [0.05, 0.1) is 6.61 Å². The predicted molar refractivity (Wildman–Crippen MR) is 162 cm³/mol. The van der Waals surface area contributed by atoms with Gasteiger partial charge in [0.1, 0.15) is 12.2 Å². The van der Waals surface area contributed by atoms with Gasteiger partial charge in [0.2, 0.25) is 0 Å². The Hall–Kier alpha value is -2.11. The summed E-state index contributed by atoms with van der Waals surface area (Å²) in [6.07, 6.45) is 12.4. The van der Waals surface area contributed by atoms with Crippen molar-refractivity contribution in [2.24, 2.45) is 44.3 Å². The van der Waals surface area contributed by atoms with Crippen LogP contribution in [0, 0.1) is 44.3 Å². The summed E-state index contributed by atoms with van der Waals surface area (Å²) in [5.74, 6) is 0.182. The number of fused-ring (bicyclic) bond motifs is 6. The van der Waals surface area contributed by atoms with Crippen molar-refractivity contribution in [2.45, 2.75) is 133 Å². The highest BCUT2D eigenvalue weighted by atomic mass is 16.6. The zero-order valence-corrected chi connectivity index (χ0v) is 27.8. The number of carbonyl (C=O) groups excluding carboxylic acids is 3. The molecule has 0 aromatic carbocycles. The Morgan fingerprint density at radius 3 is 2.07 bits per heavy atom. The zero-order chi connectivity index (χ0) is 31.1. The maximum atomic E-state index is 12.3. The standard InChI is InChI=1S/C36H54O6/c1-22(37)40-21-32(6)19-26-25-11-12-28-34(8)15-14-29(41-23(2)38)31(4,5)27(34)13-16-36(28,10)35(25,9)18-17-33(26,7)30(20-32)42-24(3)39/h11-12,27-30H,13-21H2,1-10H3/t27?,28?,29?,30?,32-,33-,34+,35-,36-/m1/s1. The van der Waals surface area contributed by atoms with Crippen LogP contribution in [0.1, 0.15) is 121 Å². The van der Waals surface area contributed by atoms with Crippen LogP contribution in [0.5, 0.6) is 0 Å². The number of hydrogen-bond acceptors (Lipinski definition) is 6. The molecule has 0 heterocycles. The first-order valence-corrected chi connectivity index (χ1v) is 16.2. The number of ether oxygens (including phenoxy) is 3. The monoisotopic (exact) mass is 582 g/mol. The molecule has 42 heavy (non-hydrogen) atoms. The van der Waals surface area contributed by atoms with Gasteiger partial charge in [-0.3, -0.25) is 14.4 Å². The van der Waals surface area contributed by atoms with E-state index in [0.29, 0.717) is 24.9 Å². The molecule has 0 amide bonds. The quantitative estimate of drug-likeness (QED) is 0.249. The van der Waals surface area contributed by atoms with Gasteiger partial charge in [-0.15, -0.1) is 0 Å². The third kappa shape index (κ3) is 4.51. The molecule has 3 fully saturated rings. The fraction of sp³-hybridized carbons (Fsp3) is 0.806. The highest BCUT2D eigenvalue weighted by Crippen LogP contribution is 2.74. The molecule has 0 spiro atoms. The molecule has 0 aromatic rings. The predicted octanol–water partition coefficient (Wildman–Crippen LogP) is 7.74. The van der Waals surface area contributed by atoms with Gasteiger partial charge >= 0.3 is 17.9 Å². The Morgan fingerprint density at radius 1 is 0.810 bits per heavy atom. The van der Waals surface area contributed by atoms with Crippen LogP contribution in [0.25, 0.3) is 0 Å². The second-order valence-corrected chi connectivity index (χ2v) is 16.5. The van der Waals surface area contributed by atoms with Crippen LogP contribution in [-0.2, 0) is 28.6 Å². The molecule has 3 saturated carbocycles. The first-order chi connectivity index (χ1) is 19.3. The summed E-state index contributed by atoms with van der Waals surface area (Å²) < 4.78 is 17.6. The van der Waals surface area contributed by atoms with Crippen molar-refractivity contribution >= 4 is 17.9 Å². The number of rotatable bonds is 4. The van der Waals surface area contributed by atoms with Crippen LogP contribution in [0.15, 0.2) is 23.3 Å². The summed E-state index contributed by atoms with van der Waals surface area (Å²) >= 11 is 0. The van der Waals surface area contributed by atoms with Crippen molar-refractivity contribution in [1.82, 2.24) is 0 Å². The maximum Gasteiger partial charge on any atom is 0.302 e. The molecule has 5 aliphatic rings. The number of esters is 3. The van der Waals surface area contributed by atoms with Gasteiger partial charge in [0, 0.05) is 37.0 Å². The van der Waals surface area contributed by atoms with Crippen molar-refractivity contribution < 1.29 is 28.6 Å². The van der Waals surface area contributed by atoms with E-state index in [0.717, 1.165) is 44.9 Å². The summed E-state index contributed by atoms with van der Waals surface area (Å²) in [5.41, 5.74) is 2.35. The van der Waals surface area contributed by atoms with Crippen LogP contribution in [0.2, 0.25) is 0 Å². The zero-order valence-electron chi connectivity index (χ0n) is 27.8. The van der Waals surface area contributed by atoms with Crippen LogP contribution < -0.4 is 0 Å². The second kappa shape index (κ2) is 9.95. The Morgan fingerprint density at radius 2 is 1.45 bits per heavy atom. The van der Waals surface area contributed by atoms with E-state index >= 15 is 0 Å². The second-order valence-electron chi connectivity index (χ2n) is 16.5. The largest absolute Gasteiger partial charge is 0.465 e. The highest BCUT2D eigenvalue weighted by Gasteiger charge is 2.67. The molecule has 0 radical (unpaired) electrons. The van der Waals surface area contributed by atoms with E-state index in [1.807, 2.05) is 0 Å². The lowest BCUT2D eigenvalue weighted by Gasteiger charge is -2.69. The molecule has 5 rings (SSSR count). The van der Waals surface area contributed by atoms with E-state index < -0.39 is 0 Å². The van der Waals surface area contributed by atoms with E-state index in [2.05, 4.69) is 60.6 Å². The molecular formula is C36H54O6. The first-order valence-electron chi connectivity index (χ1n) is 16.2. The van der Waals surface area contributed by atoms with Crippen molar-refractivity contribution in [3.63, 3.8) is 0 Å². The molecule has 4 unspecified atom stereocenters. The van der Waals surface area contributed by atoms with E-state index in [-0.39, 0.29) is 62.6 Å². The molecule has 0 N–H and O–H groups in total. The average molecular weight is 583 g/mol.